The average molecular weight is 208 g/mol. The maximum absolute atomic E-state index is 11.7. The van der Waals surface area contributed by atoms with Gasteiger partial charge >= 0.3 is 0 Å². The lowest BCUT2D eigenvalue weighted by Gasteiger charge is -2.40. The predicted octanol–water partition coefficient (Wildman–Crippen LogP) is 0.975. The Hall–Kier alpha value is -1.08. The molecule has 4 nitrogen and oxygen atoms in total. The van der Waals surface area contributed by atoms with Crippen LogP contribution in [-0.2, 0) is 9.53 Å². The van der Waals surface area contributed by atoms with E-state index in [1.807, 2.05) is 0 Å². The molecule has 0 unspecified atom stereocenters. The molecule has 0 aliphatic heterocycles. The number of ether oxygens (including phenoxy) is 1. The molecule has 0 atom stereocenters. The van der Waals surface area contributed by atoms with Crippen molar-refractivity contribution in [3.63, 3.8) is 0 Å². The molecule has 2 fully saturated rings. The Morgan fingerprint density at radius 3 is 2.47 bits per heavy atom. The zero-order valence-electron chi connectivity index (χ0n) is 9.01. The van der Waals surface area contributed by atoms with Crippen LogP contribution in [0.5, 0.6) is 0 Å². The standard InChI is InChI=1S/C11H16N2O2/c1-15-11(3-2-4-11)8-13-9(14)10(7-12)5-6-10/h2-6,8H2,1H3,(H,13,14). The van der Waals surface area contributed by atoms with Gasteiger partial charge in [-0.25, -0.2) is 0 Å². The molecule has 0 saturated heterocycles. The second kappa shape index (κ2) is 3.49. The van der Waals surface area contributed by atoms with Gasteiger partial charge in [0, 0.05) is 13.7 Å². The Bertz CT molecular complexity index is 306. The monoisotopic (exact) mass is 208 g/mol. The quantitative estimate of drug-likeness (QED) is 0.749. The number of rotatable bonds is 4. The van der Waals surface area contributed by atoms with Gasteiger partial charge in [0.2, 0.25) is 5.91 Å². The number of nitriles is 1. The summed E-state index contributed by atoms with van der Waals surface area (Å²) in [5.41, 5.74) is -0.861. The molecular weight excluding hydrogens is 192 g/mol. The van der Waals surface area contributed by atoms with Crippen molar-refractivity contribution in [3.8, 4) is 6.07 Å². The van der Waals surface area contributed by atoms with E-state index in [1.165, 1.54) is 0 Å². The van der Waals surface area contributed by atoms with Crippen LogP contribution >= 0.6 is 0 Å². The Labute approximate surface area is 89.6 Å². The summed E-state index contributed by atoms with van der Waals surface area (Å²) in [7, 11) is 1.68. The van der Waals surface area contributed by atoms with Crippen LogP contribution < -0.4 is 5.32 Å². The summed E-state index contributed by atoms with van der Waals surface area (Å²) in [6.07, 6.45) is 4.57. The number of amides is 1. The van der Waals surface area contributed by atoms with Gasteiger partial charge in [0.15, 0.2) is 0 Å². The van der Waals surface area contributed by atoms with E-state index in [4.69, 9.17) is 10.00 Å². The van der Waals surface area contributed by atoms with Crippen molar-refractivity contribution in [2.45, 2.75) is 37.7 Å². The summed E-state index contributed by atoms with van der Waals surface area (Å²) in [6.45, 7) is 0.547. The molecular formula is C11H16N2O2. The molecule has 2 saturated carbocycles. The van der Waals surface area contributed by atoms with E-state index in [1.54, 1.807) is 7.11 Å². The van der Waals surface area contributed by atoms with Crippen LogP contribution in [0.4, 0.5) is 0 Å². The molecule has 0 aromatic heterocycles. The normalized spacial score (nSPS) is 24.8. The summed E-state index contributed by atoms with van der Waals surface area (Å²) in [4.78, 5) is 11.7. The molecule has 0 aromatic rings. The van der Waals surface area contributed by atoms with Crippen molar-refractivity contribution in [1.82, 2.24) is 5.32 Å². The first-order chi connectivity index (χ1) is 7.16. The first-order valence-corrected chi connectivity index (χ1v) is 5.41. The maximum Gasteiger partial charge on any atom is 0.240 e. The van der Waals surface area contributed by atoms with E-state index in [0.29, 0.717) is 19.4 Å². The zero-order valence-corrected chi connectivity index (χ0v) is 9.01. The third-order valence-corrected chi connectivity index (χ3v) is 3.67. The topological polar surface area (TPSA) is 62.1 Å². The van der Waals surface area contributed by atoms with Gasteiger partial charge in [0.1, 0.15) is 5.41 Å². The number of carbonyl (C=O) groups excluding carboxylic acids is 1. The molecule has 2 aliphatic rings. The van der Waals surface area contributed by atoms with Crippen LogP contribution in [-0.4, -0.2) is 25.2 Å². The smallest absolute Gasteiger partial charge is 0.240 e. The van der Waals surface area contributed by atoms with Gasteiger partial charge in [-0.05, 0) is 32.1 Å². The number of hydrogen-bond donors (Lipinski definition) is 1. The van der Waals surface area contributed by atoms with Gasteiger partial charge in [-0.15, -0.1) is 0 Å². The molecule has 0 aromatic carbocycles. The Balaban J connectivity index is 1.83. The molecule has 82 valence electrons. The molecule has 0 radical (unpaired) electrons. The van der Waals surface area contributed by atoms with E-state index in [9.17, 15) is 4.79 Å². The van der Waals surface area contributed by atoms with Crippen molar-refractivity contribution < 1.29 is 9.53 Å². The number of methoxy groups -OCH3 is 1. The third-order valence-electron chi connectivity index (χ3n) is 3.67. The van der Waals surface area contributed by atoms with Gasteiger partial charge in [-0.3, -0.25) is 4.79 Å². The minimum absolute atomic E-state index is 0.117. The molecule has 4 heteroatoms. The summed E-state index contributed by atoms with van der Waals surface area (Å²) < 4.78 is 5.39. The van der Waals surface area contributed by atoms with Crippen LogP contribution in [0.15, 0.2) is 0 Å². The van der Waals surface area contributed by atoms with Crippen molar-refractivity contribution in [2.75, 3.05) is 13.7 Å². The first kappa shape index (κ1) is 10.4. The van der Waals surface area contributed by atoms with Crippen LogP contribution in [0, 0.1) is 16.7 Å². The molecule has 0 heterocycles. The van der Waals surface area contributed by atoms with Crippen LogP contribution in [0.1, 0.15) is 32.1 Å². The van der Waals surface area contributed by atoms with Crippen molar-refractivity contribution in [1.29, 1.82) is 5.26 Å². The van der Waals surface area contributed by atoms with Gasteiger partial charge in [-0.2, -0.15) is 5.26 Å². The molecule has 1 amide bonds. The summed E-state index contributed by atoms with van der Waals surface area (Å²) in [6, 6.07) is 2.09. The zero-order chi connectivity index (χ0) is 10.9. The highest BCUT2D eigenvalue weighted by atomic mass is 16.5. The molecule has 0 spiro atoms. The lowest BCUT2D eigenvalue weighted by molar-refractivity contribution is -0.128. The Morgan fingerprint density at radius 2 is 2.13 bits per heavy atom. The fourth-order valence-corrected chi connectivity index (χ4v) is 1.95. The van der Waals surface area contributed by atoms with Crippen LogP contribution in [0.25, 0.3) is 0 Å². The van der Waals surface area contributed by atoms with E-state index in [2.05, 4.69) is 11.4 Å². The highest BCUT2D eigenvalue weighted by Crippen LogP contribution is 2.45. The van der Waals surface area contributed by atoms with Crippen molar-refractivity contribution in [2.24, 2.45) is 5.41 Å². The number of carbonyl (C=O) groups is 1. The van der Waals surface area contributed by atoms with E-state index >= 15 is 0 Å². The summed E-state index contributed by atoms with van der Waals surface area (Å²) >= 11 is 0. The van der Waals surface area contributed by atoms with E-state index < -0.39 is 5.41 Å². The summed E-state index contributed by atoms with van der Waals surface area (Å²) in [5.74, 6) is -0.117. The van der Waals surface area contributed by atoms with Gasteiger partial charge < -0.3 is 10.1 Å². The fourth-order valence-electron chi connectivity index (χ4n) is 1.95. The molecule has 2 rings (SSSR count). The number of hydrogen-bond acceptors (Lipinski definition) is 3. The first-order valence-electron chi connectivity index (χ1n) is 5.41. The lowest BCUT2D eigenvalue weighted by Crippen LogP contribution is -2.50. The second-order valence-electron chi connectivity index (χ2n) is 4.62. The minimum Gasteiger partial charge on any atom is -0.376 e. The van der Waals surface area contributed by atoms with Crippen molar-refractivity contribution >= 4 is 5.91 Å². The van der Waals surface area contributed by atoms with Gasteiger partial charge in [-0.1, -0.05) is 0 Å². The minimum atomic E-state index is -0.710. The molecule has 15 heavy (non-hydrogen) atoms. The van der Waals surface area contributed by atoms with Gasteiger partial charge in [0.05, 0.1) is 11.7 Å². The number of nitrogens with zero attached hydrogens (tertiary/aromatic N) is 1. The second-order valence-corrected chi connectivity index (χ2v) is 4.62. The largest absolute Gasteiger partial charge is 0.376 e. The third kappa shape index (κ3) is 1.72. The van der Waals surface area contributed by atoms with Crippen LogP contribution in [0.3, 0.4) is 0 Å². The molecule has 2 aliphatic carbocycles. The van der Waals surface area contributed by atoms with E-state index in [0.717, 1.165) is 19.3 Å². The van der Waals surface area contributed by atoms with Crippen LogP contribution in [0.2, 0.25) is 0 Å². The fraction of sp³-hybridized carbons (Fsp3) is 0.818. The number of nitrogens with one attached hydrogen (secondary N) is 1. The SMILES string of the molecule is COC1(CNC(=O)C2(C#N)CC2)CCC1. The Morgan fingerprint density at radius 1 is 1.47 bits per heavy atom. The maximum atomic E-state index is 11.7. The Kier molecular flexibility index (Phi) is 2.43. The van der Waals surface area contributed by atoms with Crippen molar-refractivity contribution in [3.05, 3.63) is 0 Å². The van der Waals surface area contributed by atoms with E-state index in [-0.39, 0.29) is 11.5 Å². The highest BCUT2D eigenvalue weighted by Gasteiger charge is 2.51. The van der Waals surface area contributed by atoms with Gasteiger partial charge in [0.25, 0.3) is 0 Å². The summed E-state index contributed by atoms with van der Waals surface area (Å²) in [5, 5.41) is 11.7. The lowest BCUT2D eigenvalue weighted by atomic mass is 9.80. The molecule has 1 N–H and O–H groups in total. The molecule has 0 bridgehead atoms. The highest BCUT2D eigenvalue weighted by molar-refractivity contribution is 5.88. The predicted molar refractivity (Wildman–Crippen MR) is 53.9 cm³/mol. The average Bonchev–Trinajstić information content (AvgIpc) is 2.97.